The molecular formula is C17H33NO2S. The molecule has 4 heteroatoms. The molecule has 2 N–H and O–H groups in total. The number of ether oxygens (including phenoxy) is 1. The zero-order valence-corrected chi connectivity index (χ0v) is 14.5. The Morgan fingerprint density at radius 2 is 2.05 bits per heavy atom. The van der Waals surface area contributed by atoms with Crippen molar-refractivity contribution in [2.75, 3.05) is 18.9 Å². The maximum atomic E-state index is 10.1. The van der Waals surface area contributed by atoms with Crippen molar-refractivity contribution in [3.63, 3.8) is 0 Å². The van der Waals surface area contributed by atoms with Gasteiger partial charge in [-0.15, -0.1) is 0 Å². The minimum Gasteiger partial charge on any atom is -0.389 e. The van der Waals surface area contributed by atoms with E-state index in [4.69, 9.17) is 4.74 Å². The van der Waals surface area contributed by atoms with Gasteiger partial charge in [-0.1, -0.05) is 33.1 Å². The van der Waals surface area contributed by atoms with Gasteiger partial charge in [-0.3, -0.25) is 0 Å². The van der Waals surface area contributed by atoms with Gasteiger partial charge in [0.1, 0.15) is 0 Å². The standard InChI is InChI=1S/C17H33NO2S/c1-3-21-17-9-5-8-16(17)18-11-14(19)12-20-15-7-4-6-13(2)10-15/h13-19H,3-12H2,1-2H3. The Kier molecular flexibility index (Phi) is 7.86. The first-order chi connectivity index (χ1) is 10.2. The van der Waals surface area contributed by atoms with E-state index in [0.717, 1.165) is 17.6 Å². The van der Waals surface area contributed by atoms with E-state index in [1.165, 1.54) is 44.3 Å². The number of thioether (sulfide) groups is 1. The lowest BCUT2D eigenvalue weighted by Gasteiger charge is -2.28. The van der Waals surface area contributed by atoms with Crippen LogP contribution in [-0.4, -0.2) is 47.5 Å². The molecule has 2 rings (SSSR count). The van der Waals surface area contributed by atoms with E-state index in [0.29, 0.717) is 25.3 Å². The van der Waals surface area contributed by atoms with Gasteiger partial charge < -0.3 is 15.2 Å². The van der Waals surface area contributed by atoms with Gasteiger partial charge in [0.05, 0.1) is 18.8 Å². The Bertz CT molecular complexity index is 290. The summed E-state index contributed by atoms with van der Waals surface area (Å²) in [6.07, 6.45) is 8.85. The molecule has 0 aliphatic heterocycles. The molecule has 21 heavy (non-hydrogen) atoms. The van der Waals surface area contributed by atoms with E-state index in [2.05, 4.69) is 30.9 Å². The number of hydrogen-bond acceptors (Lipinski definition) is 4. The van der Waals surface area contributed by atoms with Crippen LogP contribution in [0, 0.1) is 5.92 Å². The summed E-state index contributed by atoms with van der Waals surface area (Å²) in [5, 5.41) is 14.4. The van der Waals surface area contributed by atoms with Crippen molar-refractivity contribution in [2.45, 2.75) is 82.3 Å². The van der Waals surface area contributed by atoms with Crippen molar-refractivity contribution in [3.8, 4) is 0 Å². The first-order valence-electron chi connectivity index (χ1n) is 8.83. The van der Waals surface area contributed by atoms with Gasteiger partial charge >= 0.3 is 0 Å². The average molecular weight is 316 g/mol. The van der Waals surface area contributed by atoms with Crippen LogP contribution in [0.3, 0.4) is 0 Å². The lowest BCUT2D eigenvalue weighted by molar-refractivity contribution is -0.0311. The maximum Gasteiger partial charge on any atom is 0.0897 e. The zero-order valence-electron chi connectivity index (χ0n) is 13.7. The molecule has 5 atom stereocenters. The summed E-state index contributed by atoms with van der Waals surface area (Å²) in [5.74, 6) is 1.97. The maximum absolute atomic E-state index is 10.1. The van der Waals surface area contributed by atoms with E-state index < -0.39 is 0 Å². The van der Waals surface area contributed by atoms with Crippen LogP contribution in [-0.2, 0) is 4.74 Å². The van der Waals surface area contributed by atoms with E-state index in [1.807, 2.05) is 0 Å². The fourth-order valence-corrected chi connectivity index (χ4v) is 4.92. The van der Waals surface area contributed by atoms with Crippen LogP contribution in [0.25, 0.3) is 0 Å². The number of nitrogens with one attached hydrogen (secondary N) is 1. The highest BCUT2D eigenvalue weighted by Gasteiger charge is 2.27. The molecule has 0 bridgehead atoms. The second kappa shape index (κ2) is 9.39. The third kappa shape index (κ3) is 6.09. The predicted molar refractivity (Wildman–Crippen MR) is 90.9 cm³/mol. The van der Waals surface area contributed by atoms with Crippen LogP contribution in [0.5, 0.6) is 0 Å². The fourth-order valence-electron chi connectivity index (χ4n) is 3.70. The van der Waals surface area contributed by atoms with E-state index in [1.54, 1.807) is 0 Å². The highest BCUT2D eigenvalue weighted by molar-refractivity contribution is 7.99. The van der Waals surface area contributed by atoms with Gasteiger partial charge in [0.25, 0.3) is 0 Å². The Hall–Kier alpha value is 0.230. The Morgan fingerprint density at radius 3 is 2.81 bits per heavy atom. The minimum atomic E-state index is -0.366. The number of aliphatic hydroxyl groups excluding tert-OH is 1. The monoisotopic (exact) mass is 315 g/mol. The number of aliphatic hydroxyl groups is 1. The van der Waals surface area contributed by atoms with Crippen LogP contribution < -0.4 is 5.32 Å². The first-order valence-corrected chi connectivity index (χ1v) is 9.88. The minimum absolute atomic E-state index is 0.366. The van der Waals surface area contributed by atoms with Gasteiger partial charge in [0, 0.05) is 17.8 Å². The molecule has 0 aromatic rings. The summed E-state index contributed by atoms with van der Waals surface area (Å²) in [4.78, 5) is 0. The SMILES string of the molecule is CCSC1CCCC1NCC(O)COC1CCCC(C)C1. The quantitative estimate of drug-likeness (QED) is 0.722. The fraction of sp³-hybridized carbons (Fsp3) is 1.00. The highest BCUT2D eigenvalue weighted by atomic mass is 32.2. The number of hydrogen-bond donors (Lipinski definition) is 2. The Balaban J connectivity index is 1.59. The second-order valence-corrected chi connectivity index (χ2v) is 8.34. The molecule has 2 fully saturated rings. The highest BCUT2D eigenvalue weighted by Crippen LogP contribution is 2.30. The van der Waals surface area contributed by atoms with Crippen molar-refractivity contribution in [1.82, 2.24) is 5.32 Å². The molecule has 124 valence electrons. The first kappa shape index (κ1) is 17.6. The largest absolute Gasteiger partial charge is 0.389 e. The molecule has 2 saturated carbocycles. The molecule has 0 amide bonds. The molecule has 2 aliphatic rings. The molecule has 0 heterocycles. The average Bonchev–Trinajstić information content (AvgIpc) is 2.91. The van der Waals surface area contributed by atoms with Crippen molar-refractivity contribution in [1.29, 1.82) is 0 Å². The molecule has 0 saturated heterocycles. The van der Waals surface area contributed by atoms with Gasteiger partial charge in [-0.25, -0.2) is 0 Å². The van der Waals surface area contributed by atoms with Crippen molar-refractivity contribution in [3.05, 3.63) is 0 Å². The lowest BCUT2D eigenvalue weighted by Crippen LogP contribution is -2.41. The third-order valence-corrected chi connectivity index (χ3v) is 6.19. The summed E-state index contributed by atoms with van der Waals surface area (Å²) in [5.41, 5.74) is 0. The number of rotatable bonds is 8. The van der Waals surface area contributed by atoms with Crippen LogP contribution >= 0.6 is 11.8 Å². The molecule has 3 nitrogen and oxygen atoms in total. The van der Waals surface area contributed by atoms with Crippen LogP contribution in [0.15, 0.2) is 0 Å². The molecule has 5 unspecified atom stereocenters. The topological polar surface area (TPSA) is 41.5 Å². The molecule has 0 radical (unpaired) electrons. The predicted octanol–water partition coefficient (Wildman–Crippen LogP) is 3.21. The van der Waals surface area contributed by atoms with Crippen LogP contribution in [0.1, 0.15) is 58.8 Å². The van der Waals surface area contributed by atoms with E-state index >= 15 is 0 Å². The van der Waals surface area contributed by atoms with Gasteiger partial charge in [0.15, 0.2) is 0 Å². The molecule has 0 spiro atoms. The Morgan fingerprint density at radius 1 is 1.24 bits per heavy atom. The summed E-state index contributed by atoms with van der Waals surface area (Å²) >= 11 is 2.06. The molecule has 0 aromatic carbocycles. The lowest BCUT2D eigenvalue weighted by atomic mass is 9.89. The summed E-state index contributed by atoms with van der Waals surface area (Å²) in [6.45, 7) is 5.70. The Labute approximate surface area is 134 Å². The second-order valence-electron chi connectivity index (χ2n) is 6.82. The molecule has 2 aliphatic carbocycles. The smallest absolute Gasteiger partial charge is 0.0897 e. The molecule has 0 aromatic heterocycles. The van der Waals surface area contributed by atoms with Crippen molar-refractivity contribution in [2.24, 2.45) is 5.92 Å². The van der Waals surface area contributed by atoms with Crippen molar-refractivity contribution >= 4 is 11.8 Å². The normalized spacial score (nSPS) is 35.0. The van der Waals surface area contributed by atoms with Crippen LogP contribution in [0.4, 0.5) is 0 Å². The van der Waals surface area contributed by atoms with Crippen LogP contribution in [0.2, 0.25) is 0 Å². The van der Waals surface area contributed by atoms with Gasteiger partial charge in [0.2, 0.25) is 0 Å². The van der Waals surface area contributed by atoms with E-state index in [-0.39, 0.29) is 6.10 Å². The summed E-state index contributed by atoms with van der Waals surface area (Å²) in [7, 11) is 0. The third-order valence-electron chi connectivity index (χ3n) is 4.86. The van der Waals surface area contributed by atoms with E-state index in [9.17, 15) is 5.11 Å². The van der Waals surface area contributed by atoms with Gasteiger partial charge in [-0.2, -0.15) is 11.8 Å². The summed E-state index contributed by atoms with van der Waals surface area (Å²) < 4.78 is 5.91. The van der Waals surface area contributed by atoms with Gasteiger partial charge in [-0.05, 0) is 37.4 Å². The molecular weight excluding hydrogens is 282 g/mol. The van der Waals surface area contributed by atoms with Crippen molar-refractivity contribution < 1.29 is 9.84 Å². The summed E-state index contributed by atoms with van der Waals surface area (Å²) in [6, 6.07) is 0.583. The zero-order chi connectivity index (χ0) is 15.1.